The van der Waals surface area contributed by atoms with Gasteiger partial charge in [-0.05, 0) is 24.6 Å². The molecule has 0 fully saturated rings. The van der Waals surface area contributed by atoms with Crippen LogP contribution in [-0.2, 0) is 11.3 Å². The summed E-state index contributed by atoms with van der Waals surface area (Å²) in [5.74, 6) is -1.69. The van der Waals surface area contributed by atoms with Crippen molar-refractivity contribution in [2.24, 2.45) is 0 Å². The maximum absolute atomic E-state index is 12.6. The molecule has 3 aromatic heterocycles. The molecule has 0 bridgehead atoms. The van der Waals surface area contributed by atoms with Gasteiger partial charge in [0, 0.05) is 0 Å². The van der Waals surface area contributed by atoms with Crippen molar-refractivity contribution in [1.82, 2.24) is 9.55 Å². The molecular formula is C15H12N2O7S. The average molecular weight is 364 g/mol. The van der Waals surface area contributed by atoms with Gasteiger partial charge in [0.15, 0.2) is 0 Å². The zero-order chi connectivity index (χ0) is 18.3. The number of aryl methyl sites for hydroxylation is 1. The lowest BCUT2D eigenvalue weighted by Gasteiger charge is -2.03. The van der Waals surface area contributed by atoms with Crippen LogP contribution in [0.5, 0.6) is 0 Å². The van der Waals surface area contributed by atoms with Crippen molar-refractivity contribution in [3.8, 4) is 0 Å². The van der Waals surface area contributed by atoms with Gasteiger partial charge in [0.1, 0.15) is 15.5 Å². The maximum Gasteiger partial charge on any atom is 0.373 e. The minimum atomic E-state index is -1.17. The molecule has 3 heterocycles. The van der Waals surface area contributed by atoms with E-state index in [1.165, 1.54) is 26.2 Å². The molecule has 9 nitrogen and oxygen atoms in total. The Kier molecular flexibility index (Phi) is 4.05. The van der Waals surface area contributed by atoms with Gasteiger partial charge in [-0.25, -0.2) is 14.4 Å². The highest BCUT2D eigenvalue weighted by molar-refractivity contribution is 7.20. The summed E-state index contributed by atoms with van der Waals surface area (Å²) < 4.78 is 10.7. The monoisotopic (exact) mass is 364 g/mol. The van der Waals surface area contributed by atoms with E-state index in [-0.39, 0.29) is 38.7 Å². The van der Waals surface area contributed by atoms with Crippen molar-refractivity contribution >= 4 is 33.5 Å². The Morgan fingerprint density at radius 2 is 2.08 bits per heavy atom. The van der Waals surface area contributed by atoms with Crippen molar-refractivity contribution in [2.45, 2.75) is 13.5 Å². The molecule has 0 aromatic carbocycles. The number of carboxylic acids is 1. The first-order valence-corrected chi connectivity index (χ1v) is 7.81. The summed E-state index contributed by atoms with van der Waals surface area (Å²) in [7, 11) is 1.20. The van der Waals surface area contributed by atoms with Crippen LogP contribution in [0.3, 0.4) is 0 Å². The van der Waals surface area contributed by atoms with Gasteiger partial charge in [0.2, 0.25) is 5.76 Å². The number of hydrogen-bond acceptors (Lipinski definition) is 7. The summed E-state index contributed by atoms with van der Waals surface area (Å²) in [6, 6.07) is 2.82. The molecule has 0 saturated heterocycles. The molecule has 0 aliphatic heterocycles. The van der Waals surface area contributed by atoms with Crippen LogP contribution in [0.2, 0.25) is 0 Å². The van der Waals surface area contributed by atoms with Gasteiger partial charge in [-0.3, -0.25) is 14.3 Å². The number of hydrogen-bond donors (Lipinski definition) is 2. The molecule has 0 aliphatic carbocycles. The molecule has 0 spiro atoms. The van der Waals surface area contributed by atoms with E-state index in [9.17, 15) is 19.2 Å². The highest BCUT2D eigenvalue weighted by atomic mass is 32.1. The molecule has 130 valence electrons. The molecule has 25 heavy (non-hydrogen) atoms. The molecule has 0 amide bonds. The standard InChI is InChI=1S/C15H12N2O7S/c1-6-9-11(25-10(6)13(19)20)16-15(22)17(12(9)18)5-7-3-4-8(24-7)14(21)23-2/h3-4H,5H2,1-2H3,(H,16,22)(H,19,20). The van der Waals surface area contributed by atoms with E-state index >= 15 is 0 Å². The summed E-state index contributed by atoms with van der Waals surface area (Å²) in [4.78, 5) is 50.1. The van der Waals surface area contributed by atoms with Crippen LogP contribution < -0.4 is 11.2 Å². The van der Waals surface area contributed by atoms with Gasteiger partial charge in [-0.15, -0.1) is 11.3 Å². The fourth-order valence-electron chi connectivity index (χ4n) is 2.43. The quantitative estimate of drug-likeness (QED) is 0.665. The Labute approximate surface area is 143 Å². The second-order valence-electron chi connectivity index (χ2n) is 5.14. The Morgan fingerprint density at radius 1 is 1.36 bits per heavy atom. The van der Waals surface area contributed by atoms with E-state index in [1.807, 2.05) is 0 Å². The first-order valence-electron chi connectivity index (χ1n) is 7.00. The van der Waals surface area contributed by atoms with Gasteiger partial charge < -0.3 is 14.3 Å². The van der Waals surface area contributed by atoms with Gasteiger partial charge in [0.25, 0.3) is 5.56 Å². The fourth-order valence-corrected chi connectivity index (χ4v) is 3.45. The summed E-state index contributed by atoms with van der Waals surface area (Å²) in [6.07, 6.45) is 0. The third kappa shape index (κ3) is 2.76. The van der Waals surface area contributed by atoms with Crippen molar-refractivity contribution in [3.63, 3.8) is 0 Å². The Bertz CT molecular complexity index is 1120. The average Bonchev–Trinajstić information content (AvgIpc) is 3.15. The number of carbonyl (C=O) groups is 2. The van der Waals surface area contributed by atoms with Crippen molar-refractivity contribution in [2.75, 3.05) is 7.11 Å². The number of aromatic amines is 1. The van der Waals surface area contributed by atoms with Gasteiger partial charge >= 0.3 is 17.6 Å². The van der Waals surface area contributed by atoms with E-state index in [4.69, 9.17) is 9.52 Å². The normalized spacial score (nSPS) is 11.0. The number of carboxylic acid groups (broad SMARTS) is 1. The van der Waals surface area contributed by atoms with Crippen molar-refractivity contribution in [3.05, 3.63) is 54.9 Å². The fraction of sp³-hybridized carbons (Fsp3) is 0.200. The number of fused-ring (bicyclic) bond motifs is 1. The zero-order valence-corrected chi connectivity index (χ0v) is 13.9. The third-order valence-electron chi connectivity index (χ3n) is 3.63. The van der Waals surface area contributed by atoms with Crippen LogP contribution in [0.1, 0.15) is 31.6 Å². The van der Waals surface area contributed by atoms with Gasteiger partial charge in [-0.1, -0.05) is 0 Å². The molecule has 3 rings (SSSR count). The number of H-pyrrole nitrogens is 1. The third-order valence-corrected chi connectivity index (χ3v) is 4.82. The number of nitrogens with one attached hydrogen (secondary N) is 1. The summed E-state index contributed by atoms with van der Waals surface area (Å²) in [5, 5.41) is 9.30. The number of esters is 1. The highest BCUT2D eigenvalue weighted by Gasteiger charge is 2.20. The van der Waals surface area contributed by atoms with Crippen LogP contribution >= 0.6 is 11.3 Å². The number of rotatable bonds is 4. The molecule has 0 atom stereocenters. The molecule has 0 saturated carbocycles. The van der Waals surface area contributed by atoms with E-state index in [1.54, 1.807) is 0 Å². The summed E-state index contributed by atoms with van der Waals surface area (Å²) >= 11 is 0.833. The second kappa shape index (κ2) is 6.06. The van der Waals surface area contributed by atoms with E-state index < -0.39 is 23.2 Å². The molecule has 0 unspecified atom stereocenters. The van der Waals surface area contributed by atoms with Gasteiger partial charge in [0.05, 0.1) is 19.0 Å². The highest BCUT2D eigenvalue weighted by Crippen LogP contribution is 2.26. The summed E-state index contributed by atoms with van der Waals surface area (Å²) in [5.41, 5.74) is -1.04. The second-order valence-corrected chi connectivity index (χ2v) is 6.17. The van der Waals surface area contributed by atoms with Crippen LogP contribution in [0.15, 0.2) is 26.1 Å². The number of methoxy groups -OCH3 is 1. The van der Waals surface area contributed by atoms with Crippen LogP contribution in [0.4, 0.5) is 0 Å². The number of nitrogens with zero attached hydrogens (tertiary/aromatic N) is 1. The first kappa shape index (κ1) is 16.7. The molecule has 2 N–H and O–H groups in total. The van der Waals surface area contributed by atoms with E-state index in [2.05, 4.69) is 9.72 Å². The Morgan fingerprint density at radius 3 is 2.72 bits per heavy atom. The first-order chi connectivity index (χ1) is 11.8. The maximum atomic E-state index is 12.6. The van der Waals surface area contributed by atoms with Crippen molar-refractivity contribution < 1.29 is 23.8 Å². The minimum Gasteiger partial charge on any atom is -0.477 e. The minimum absolute atomic E-state index is 0.00789. The van der Waals surface area contributed by atoms with Crippen molar-refractivity contribution in [1.29, 1.82) is 0 Å². The number of aromatic nitrogens is 2. The topological polar surface area (TPSA) is 132 Å². The number of ether oxygens (including phenoxy) is 1. The molecule has 10 heteroatoms. The zero-order valence-electron chi connectivity index (χ0n) is 13.1. The lowest BCUT2D eigenvalue weighted by atomic mass is 10.2. The van der Waals surface area contributed by atoms with Crippen LogP contribution in [-0.4, -0.2) is 33.7 Å². The lowest BCUT2D eigenvalue weighted by molar-refractivity contribution is 0.0562. The van der Waals surface area contributed by atoms with Crippen LogP contribution in [0, 0.1) is 6.92 Å². The predicted molar refractivity (Wildman–Crippen MR) is 87.6 cm³/mol. The van der Waals surface area contributed by atoms with Crippen LogP contribution in [0.25, 0.3) is 10.2 Å². The summed E-state index contributed by atoms with van der Waals surface area (Å²) in [6.45, 7) is 1.30. The molecule has 3 aromatic rings. The smallest absolute Gasteiger partial charge is 0.373 e. The number of thiophene rings is 1. The number of aromatic carboxylic acids is 1. The molecular weight excluding hydrogens is 352 g/mol. The Hall–Kier alpha value is -3.14. The van der Waals surface area contributed by atoms with E-state index in [0.717, 1.165) is 15.9 Å². The predicted octanol–water partition coefficient (Wildman–Crippen LogP) is 1.19. The SMILES string of the molecule is COC(=O)c1ccc(Cn2c(=O)[nH]c3sc(C(=O)O)c(C)c3c2=O)o1. The number of furan rings is 1. The largest absolute Gasteiger partial charge is 0.477 e. The molecule has 0 aliphatic rings. The number of carbonyl (C=O) groups excluding carboxylic acids is 1. The van der Waals surface area contributed by atoms with Gasteiger partial charge in [-0.2, -0.15) is 0 Å². The lowest BCUT2D eigenvalue weighted by Crippen LogP contribution is -2.35. The Balaban J connectivity index is 2.11. The van der Waals surface area contributed by atoms with E-state index in [0.29, 0.717) is 0 Å². The molecule has 0 radical (unpaired) electrons.